The first kappa shape index (κ1) is 17.3. The molecule has 0 bridgehead atoms. The highest BCUT2D eigenvalue weighted by Crippen LogP contribution is 2.49. The number of nitrogens with one attached hydrogen (secondary N) is 1. The SMILES string of the molecule is N#CC1=C(N)Oc2n[nH]c(-c3ccccc3)c2[C@@H]1c1cc(Cl)cc(Cl)c1O. The highest BCUT2D eigenvalue weighted by atomic mass is 35.5. The van der Waals surface area contributed by atoms with Gasteiger partial charge < -0.3 is 15.6 Å². The Morgan fingerprint density at radius 2 is 1.96 bits per heavy atom. The molecule has 27 heavy (non-hydrogen) atoms. The number of nitriles is 1. The molecular weight excluding hydrogens is 387 g/mol. The number of aromatic nitrogens is 2. The summed E-state index contributed by atoms with van der Waals surface area (Å²) >= 11 is 12.3. The highest BCUT2D eigenvalue weighted by molar-refractivity contribution is 6.35. The van der Waals surface area contributed by atoms with E-state index in [0.29, 0.717) is 21.8 Å². The molecule has 0 saturated heterocycles. The quantitative estimate of drug-likeness (QED) is 0.595. The lowest BCUT2D eigenvalue weighted by atomic mass is 9.82. The molecule has 4 N–H and O–H groups in total. The van der Waals surface area contributed by atoms with Crippen LogP contribution in [0.25, 0.3) is 11.3 Å². The number of aromatic amines is 1. The summed E-state index contributed by atoms with van der Waals surface area (Å²) in [6, 6.07) is 14.5. The molecule has 1 atom stereocenters. The Hall–Kier alpha value is -3.14. The highest BCUT2D eigenvalue weighted by Gasteiger charge is 2.37. The topological polar surface area (TPSA) is 108 Å². The lowest BCUT2D eigenvalue weighted by Crippen LogP contribution is -2.21. The lowest BCUT2D eigenvalue weighted by Gasteiger charge is -2.25. The Morgan fingerprint density at radius 1 is 1.22 bits per heavy atom. The van der Waals surface area contributed by atoms with Crippen LogP contribution in [0.3, 0.4) is 0 Å². The van der Waals surface area contributed by atoms with Crippen LogP contribution in [0.1, 0.15) is 17.0 Å². The van der Waals surface area contributed by atoms with E-state index in [1.165, 1.54) is 6.07 Å². The Kier molecular flexibility index (Phi) is 4.19. The Labute approximate surface area is 164 Å². The van der Waals surface area contributed by atoms with Gasteiger partial charge in [-0.2, -0.15) is 5.26 Å². The molecular formula is C19H12Cl2N4O2. The van der Waals surface area contributed by atoms with Crippen LogP contribution in [0, 0.1) is 11.3 Å². The first-order valence-corrected chi connectivity index (χ1v) is 8.66. The number of benzene rings is 2. The Balaban J connectivity index is 2.02. The van der Waals surface area contributed by atoms with Gasteiger partial charge in [-0.25, -0.2) is 0 Å². The van der Waals surface area contributed by atoms with Crippen molar-refractivity contribution in [2.45, 2.75) is 5.92 Å². The predicted molar refractivity (Wildman–Crippen MR) is 101 cm³/mol. The normalized spacial score (nSPS) is 15.8. The second kappa shape index (κ2) is 6.54. The summed E-state index contributed by atoms with van der Waals surface area (Å²) in [6.07, 6.45) is 0. The minimum absolute atomic E-state index is 0.0751. The maximum absolute atomic E-state index is 10.6. The van der Waals surface area contributed by atoms with Gasteiger partial charge in [-0.1, -0.05) is 53.5 Å². The molecule has 2 heterocycles. The van der Waals surface area contributed by atoms with Crippen molar-refractivity contribution in [2.75, 3.05) is 0 Å². The molecule has 0 fully saturated rings. The van der Waals surface area contributed by atoms with E-state index in [-0.39, 0.29) is 28.1 Å². The van der Waals surface area contributed by atoms with E-state index in [4.69, 9.17) is 33.7 Å². The van der Waals surface area contributed by atoms with Gasteiger partial charge >= 0.3 is 0 Å². The van der Waals surface area contributed by atoms with E-state index in [9.17, 15) is 10.4 Å². The third kappa shape index (κ3) is 2.78. The van der Waals surface area contributed by atoms with Crippen molar-refractivity contribution in [2.24, 2.45) is 5.73 Å². The maximum atomic E-state index is 10.6. The molecule has 0 aliphatic carbocycles. The molecule has 8 heteroatoms. The van der Waals surface area contributed by atoms with Crippen molar-refractivity contribution < 1.29 is 9.84 Å². The van der Waals surface area contributed by atoms with Crippen molar-refractivity contribution >= 4 is 23.2 Å². The molecule has 0 unspecified atom stereocenters. The number of phenols is 1. The molecule has 134 valence electrons. The average Bonchev–Trinajstić information content (AvgIpc) is 3.07. The molecule has 4 rings (SSSR count). The molecule has 1 aliphatic rings. The molecule has 0 radical (unpaired) electrons. The van der Waals surface area contributed by atoms with Gasteiger partial charge in [0.2, 0.25) is 11.8 Å². The van der Waals surface area contributed by atoms with E-state index in [1.54, 1.807) is 6.07 Å². The van der Waals surface area contributed by atoms with Gasteiger partial charge in [-0.15, -0.1) is 5.10 Å². The number of H-pyrrole nitrogens is 1. The van der Waals surface area contributed by atoms with Crippen LogP contribution in [0.5, 0.6) is 11.6 Å². The fourth-order valence-electron chi connectivity index (χ4n) is 3.19. The van der Waals surface area contributed by atoms with Crippen LogP contribution in [0.15, 0.2) is 53.9 Å². The van der Waals surface area contributed by atoms with Gasteiger partial charge in [0.15, 0.2) is 0 Å². The predicted octanol–water partition coefficient (Wildman–Crippen LogP) is 4.31. The number of hydrogen-bond donors (Lipinski definition) is 3. The first-order chi connectivity index (χ1) is 13.0. The number of allylic oxidation sites excluding steroid dienone is 1. The summed E-state index contributed by atoms with van der Waals surface area (Å²) in [6.45, 7) is 0. The second-order valence-electron chi connectivity index (χ2n) is 5.93. The summed E-state index contributed by atoms with van der Waals surface area (Å²) in [5.41, 5.74) is 8.47. The molecule has 0 spiro atoms. The molecule has 2 aromatic carbocycles. The number of rotatable bonds is 2. The van der Waals surface area contributed by atoms with Crippen LogP contribution >= 0.6 is 23.2 Å². The number of nitrogens with two attached hydrogens (primary N) is 1. The van der Waals surface area contributed by atoms with Crippen molar-refractivity contribution in [1.82, 2.24) is 10.2 Å². The third-order valence-corrected chi connectivity index (χ3v) is 4.88. The Morgan fingerprint density at radius 3 is 2.67 bits per heavy atom. The van der Waals surface area contributed by atoms with E-state index < -0.39 is 5.92 Å². The summed E-state index contributed by atoms with van der Waals surface area (Å²) in [5.74, 6) is -0.786. The first-order valence-electron chi connectivity index (χ1n) is 7.90. The average molecular weight is 399 g/mol. The summed E-state index contributed by atoms with van der Waals surface area (Å²) < 4.78 is 5.53. The zero-order valence-electron chi connectivity index (χ0n) is 13.7. The summed E-state index contributed by atoms with van der Waals surface area (Å²) in [4.78, 5) is 0. The van der Waals surface area contributed by atoms with Crippen LogP contribution in [-0.4, -0.2) is 15.3 Å². The number of halogens is 2. The molecule has 3 aromatic rings. The summed E-state index contributed by atoms with van der Waals surface area (Å²) in [5, 5.41) is 27.8. The molecule has 6 nitrogen and oxygen atoms in total. The molecule has 0 amide bonds. The van der Waals surface area contributed by atoms with Gasteiger partial charge in [0, 0.05) is 10.6 Å². The minimum Gasteiger partial charge on any atom is -0.506 e. The standard InChI is InChI=1S/C19H12Cl2N4O2/c20-10-6-11(17(26)13(21)7-10)14-12(8-22)18(23)27-19-15(14)16(24-25-19)9-4-2-1-3-5-9/h1-7,14,26H,23H2,(H,24,25)/t14-/m1/s1. The second-order valence-corrected chi connectivity index (χ2v) is 6.78. The van der Waals surface area contributed by atoms with E-state index in [2.05, 4.69) is 16.3 Å². The van der Waals surface area contributed by atoms with Gasteiger partial charge in [0.05, 0.1) is 22.2 Å². The third-order valence-electron chi connectivity index (χ3n) is 4.37. The number of fused-ring (bicyclic) bond motifs is 1. The number of nitrogens with zero attached hydrogens (tertiary/aromatic N) is 2. The van der Waals surface area contributed by atoms with E-state index in [1.807, 2.05) is 30.3 Å². The minimum atomic E-state index is -0.746. The largest absolute Gasteiger partial charge is 0.506 e. The molecule has 0 saturated carbocycles. The van der Waals surface area contributed by atoms with Crippen molar-refractivity contribution in [3.05, 3.63) is 75.1 Å². The number of aromatic hydroxyl groups is 1. The van der Waals surface area contributed by atoms with Crippen LogP contribution in [-0.2, 0) is 0 Å². The lowest BCUT2D eigenvalue weighted by molar-refractivity contribution is 0.377. The molecule has 1 aromatic heterocycles. The Bertz CT molecular complexity index is 1120. The fraction of sp³-hybridized carbons (Fsp3) is 0.0526. The van der Waals surface area contributed by atoms with Gasteiger partial charge in [-0.3, -0.25) is 5.10 Å². The smallest absolute Gasteiger partial charge is 0.244 e. The van der Waals surface area contributed by atoms with Gasteiger partial charge in [0.1, 0.15) is 17.4 Å². The van der Waals surface area contributed by atoms with E-state index in [0.717, 1.165) is 5.56 Å². The zero-order valence-corrected chi connectivity index (χ0v) is 15.2. The number of hydrogen-bond acceptors (Lipinski definition) is 5. The maximum Gasteiger partial charge on any atom is 0.244 e. The van der Waals surface area contributed by atoms with E-state index >= 15 is 0 Å². The van der Waals surface area contributed by atoms with Gasteiger partial charge in [-0.05, 0) is 17.7 Å². The van der Waals surface area contributed by atoms with Gasteiger partial charge in [0.25, 0.3) is 0 Å². The van der Waals surface area contributed by atoms with Crippen LogP contribution in [0.2, 0.25) is 10.0 Å². The van der Waals surface area contributed by atoms with Crippen LogP contribution in [0.4, 0.5) is 0 Å². The van der Waals surface area contributed by atoms with Crippen molar-refractivity contribution in [3.63, 3.8) is 0 Å². The zero-order chi connectivity index (χ0) is 19.1. The monoisotopic (exact) mass is 398 g/mol. The summed E-state index contributed by atoms with van der Waals surface area (Å²) in [7, 11) is 0. The van der Waals surface area contributed by atoms with Crippen LogP contribution < -0.4 is 10.5 Å². The molecule has 1 aliphatic heterocycles. The van der Waals surface area contributed by atoms with Crippen molar-refractivity contribution in [1.29, 1.82) is 5.26 Å². The van der Waals surface area contributed by atoms with Crippen molar-refractivity contribution in [3.8, 4) is 29.0 Å². The fourth-order valence-corrected chi connectivity index (χ4v) is 3.70. The number of ether oxygens (including phenoxy) is 1. The number of phenolic OH excluding ortho intramolecular Hbond substituents is 1.